The minimum absolute atomic E-state index is 0. The number of rotatable bonds is 6. The summed E-state index contributed by atoms with van der Waals surface area (Å²) < 4.78 is 0. The van der Waals surface area contributed by atoms with Gasteiger partial charge in [0, 0.05) is 45.2 Å². The first kappa shape index (κ1) is 22.5. The number of nitrogens with zero attached hydrogens (tertiary/aromatic N) is 2. The van der Waals surface area contributed by atoms with Crippen LogP contribution in [-0.2, 0) is 6.54 Å². The SMILES string of the molecule is CC.CNc1ccc(C(=O)Nc2ccc3nc(CN4CCC(C)C4)[nH]c3c2)cc1C=N.[HH].[HH]. The molecule has 1 fully saturated rings. The number of benzene rings is 2. The Kier molecular flexibility index (Phi) is 7.41. The zero-order chi connectivity index (χ0) is 22.4. The maximum absolute atomic E-state index is 12.6. The third-order valence-corrected chi connectivity index (χ3v) is 5.41. The molecule has 2 aromatic carbocycles. The highest BCUT2D eigenvalue weighted by atomic mass is 16.1. The van der Waals surface area contributed by atoms with Gasteiger partial charge in [-0.25, -0.2) is 4.98 Å². The van der Waals surface area contributed by atoms with Crippen LogP contribution in [-0.4, -0.2) is 47.1 Å². The number of aromatic nitrogens is 2. The van der Waals surface area contributed by atoms with Gasteiger partial charge < -0.3 is 21.0 Å². The molecule has 0 aliphatic carbocycles. The normalized spacial score (nSPS) is 15.9. The summed E-state index contributed by atoms with van der Waals surface area (Å²) in [5.74, 6) is 1.49. The second-order valence-electron chi connectivity index (χ2n) is 7.69. The van der Waals surface area contributed by atoms with E-state index in [9.17, 15) is 4.79 Å². The van der Waals surface area contributed by atoms with Crippen LogP contribution in [0.2, 0.25) is 0 Å². The highest BCUT2D eigenvalue weighted by Gasteiger charge is 2.19. The topological polar surface area (TPSA) is 96.9 Å². The summed E-state index contributed by atoms with van der Waals surface area (Å²) in [6.45, 7) is 9.34. The molecule has 0 bridgehead atoms. The van der Waals surface area contributed by atoms with E-state index in [4.69, 9.17) is 5.41 Å². The highest BCUT2D eigenvalue weighted by molar-refractivity contribution is 6.06. The number of nitrogens with one attached hydrogen (secondary N) is 4. The van der Waals surface area contributed by atoms with E-state index >= 15 is 0 Å². The first-order valence-electron chi connectivity index (χ1n) is 10.9. The van der Waals surface area contributed by atoms with Gasteiger partial charge in [0.25, 0.3) is 5.91 Å². The van der Waals surface area contributed by atoms with Crippen LogP contribution >= 0.6 is 0 Å². The lowest BCUT2D eigenvalue weighted by molar-refractivity contribution is 0.102. The number of imidazole rings is 1. The number of aromatic amines is 1. The number of fused-ring (bicyclic) bond motifs is 1. The van der Waals surface area contributed by atoms with E-state index in [1.807, 2.05) is 32.0 Å². The summed E-state index contributed by atoms with van der Waals surface area (Å²) in [4.78, 5) is 23.1. The van der Waals surface area contributed by atoms with Gasteiger partial charge in [-0.05, 0) is 55.3 Å². The van der Waals surface area contributed by atoms with E-state index in [0.717, 1.165) is 48.1 Å². The third kappa shape index (κ3) is 5.30. The number of likely N-dealkylation sites (tertiary alicyclic amines) is 1. The monoisotopic (exact) mass is 424 g/mol. The Balaban J connectivity index is 0.00000133. The lowest BCUT2D eigenvalue weighted by Gasteiger charge is -2.12. The molecule has 1 aliphatic heterocycles. The van der Waals surface area contributed by atoms with Gasteiger partial charge in [-0.1, -0.05) is 20.8 Å². The molecule has 1 aromatic heterocycles. The molecule has 1 atom stereocenters. The number of hydrogen-bond donors (Lipinski definition) is 4. The molecule has 1 saturated heterocycles. The molecule has 168 valence electrons. The van der Waals surface area contributed by atoms with Crippen molar-refractivity contribution >= 4 is 34.5 Å². The summed E-state index contributed by atoms with van der Waals surface area (Å²) in [5, 5.41) is 13.5. The van der Waals surface area contributed by atoms with Gasteiger partial charge in [-0.15, -0.1) is 0 Å². The first-order chi connectivity index (χ1) is 15.1. The smallest absolute Gasteiger partial charge is 0.255 e. The summed E-state index contributed by atoms with van der Waals surface area (Å²) in [5.41, 5.74) is 4.52. The van der Waals surface area contributed by atoms with Gasteiger partial charge in [0.2, 0.25) is 0 Å². The summed E-state index contributed by atoms with van der Waals surface area (Å²) in [7, 11) is 1.79. The van der Waals surface area contributed by atoms with Crippen molar-refractivity contribution in [2.75, 3.05) is 30.8 Å². The van der Waals surface area contributed by atoms with E-state index < -0.39 is 0 Å². The minimum Gasteiger partial charge on any atom is -0.388 e. The van der Waals surface area contributed by atoms with Crippen molar-refractivity contribution in [2.24, 2.45) is 5.92 Å². The Bertz CT molecular complexity index is 1070. The quantitative estimate of drug-likeness (QED) is 0.408. The maximum atomic E-state index is 12.6. The zero-order valence-corrected chi connectivity index (χ0v) is 18.7. The summed E-state index contributed by atoms with van der Waals surface area (Å²) in [6.07, 6.45) is 2.48. The van der Waals surface area contributed by atoms with Crippen LogP contribution in [0.5, 0.6) is 0 Å². The molecule has 4 N–H and O–H groups in total. The minimum atomic E-state index is -0.208. The molecule has 31 heavy (non-hydrogen) atoms. The van der Waals surface area contributed by atoms with Crippen LogP contribution in [0.15, 0.2) is 36.4 Å². The van der Waals surface area contributed by atoms with Crippen molar-refractivity contribution in [3.05, 3.63) is 53.3 Å². The molecular formula is C24H36N6O. The third-order valence-electron chi connectivity index (χ3n) is 5.41. The van der Waals surface area contributed by atoms with E-state index in [1.54, 1.807) is 25.2 Å². The number of H-pyrrole nitrogens is 1. The van der Waals surface area contributed by atoms with Crippen LogP contribution in [0.3, 0.4) is 0 Å². The van der Waals surface area contributed by atoms with Gasteiger partial charge >= 0.3 is 0 Å². The van der Waals surface area contributed by atoms with Crippen molar-refractivity contribution in [1.82, 2.24) is 14.9 Å². The Morgan fingerprint density at radius 2 is 2.13 bits per heavy atom. The lowest BCUT2D eigenvalue weighted by atomic mass is 10.1. The van der Waals surface area contributed by atoms with Crippen LogP contribution < -0.4 is 10.6 Å². The maximum Gasteiger partial charge on any atom is 0.255 e. The van der Waals surface area contributed by atoms with Gasteiger partial charge in [-0.2, -0.15) is 0 Å². The van der Waals surface area contributed by atoms with E-state index in [0.29, 0.717) is 16.8 Å². The fraction of sp³-hybridized carbons (Fsp3) is 0.375. The van der Waals surface area contributed by atoms with E-state index in [2.05, 4.69) is 32.4 Å². The lowest BCUT2D eigenvalue weighted by Crippen LogP contribution is -2.20. The average molecular weight is 425 g/mol. The van der Waals surface area contributed by atoms with E-state index in [1.165, 1.54) is 12.6 Å². The van der Waals surface area contributed by atoms with Gasteiger partial charge in [-0.3, -0.25) is 9.69 Å². The molecule has 3 aromatic rings. The second-order valence-corrected chi connectivity index (χ2v) is 7.69. The Hall–Kier alpha value is -3.19. The van der Waals surface area contributed by atoms with Gasteiger partial charge in [0.1, 0.15) is 5.82 Å². The van der Waals surface area contributed by atoms with Crippen molar-refractivity contribution in [3.63, 3.8) is 0 Å². The molecule has 1 amide bonds. The first-order valence-corrected chi connectivity index (χ1v) is 10.9. The molecule has 4 rings (SSSR count). The Morgan fingerprint density at radius 3 is 2.81 bits per heavy atom. The average Bonchev–Trinajstić information content (AvgIpc) is 3.39. The Morgan fingerprint density at radius 1 is 1.32 bits per heavy atom. The van der Waals surface area contributed by atoms with Crippen LogP contribution in [0.4, 0.5) is 11.4 Å². The predicted molar refractivity (Wildman–Crippen MR) is 133 cm³/mol. The van der Waals surface area contributed by atoms with Gasteiger partial charge in [0.15, 0.2) is 0 Å². The number of hydrogen-bond acceptors (Lipinski definition) is 5. The van der Waals surface area contributed by atoms with Crippen LogP contribution in [0, 0.1) is 11.3 Å². The summed E-state index contributed by atoms with van der Waals surface area (Å²) >= 11 is 0. The highest BCUT2D eigenvalue weighted by Crippen LogP contribution is 2.22. The van der Waals surface area contributed by atoms with Crippen molar-refractivity contribution in [2.45, 2.75) is 33.7 Å². The largest absolute Gasteiger partial charge is 0.388 e. The molecule has 1 unspecified atom stereocenters. The zero-order valence-electron chi connectivity index (χ0n) is 18.7. The molecule has 7 heteroatoms. The van der Waals surface area contributed by atoms with E-state index in [-0.39, 0.29) is 8.76 Å². The van der Waals surface area contributed by atoms with Crippen molar-refractivity contribution < 1.29 is 7.65 Å². The fourth-order valence-corrected chi connectivity index (χ4v) is 3.85. The van der Waals surface area contributed by atoms with Crippen LogP contribution in [0.1, 0.15) is 51.8 Å². The van der Waals surface area contributed by atoms with Crippen LogP contribution in [0.25, 0.3) is 11.0 Å². The number of carbonyl (C=O) groups is 1. The standard InChI is InChI=1S/C22H26N6O.C2H6.2H2/c1-14-7-8-28(12-14)13-21-26-19-6-4-17(10-20(19)27-21)25-22(29)15-3-5-18(24-2)16(9-15)11-23;1-2;;/h3-6,9-11,14,23-24H,7-8,12-13H2,1-2H3,(H,25,29)(H,26,27);1-2H3;2*1H. The van der Waals surface area contributed by atoms with Crippen molar-refractivity contribution in [1.29, 1.82) is 5.41 Å². The Labute approximate surface area is 186 Å². The number of anilines is 2. The molecule has 0 spiro atoms. The fourth-order valence-electron chi connectivity index (χ4n) is 3.85. The second kappa shape index (κ2) is 10.2. The molecule has 1 aliphatic rings. The molecule has 2 heterocycles. The number of carbonyl (C=O) groups excluding carboxylic acids is 1. The predicted octanol–water partition coefficient (Wildman–Crippen LogP) is 5.21. The molecule has 0 radical (unpaired) electrons. The van der Waals surface area contributed by atoms with Gasteiger partial charge in [0.05, 0.1) is 17.6 Å². The van der Waals surface area contributed by atoms with Crippen molar-refractivity contribution in [3.8, 4) is 0 Å². The molecule has 0 saturated carbocycles. The summed E-state index contributed by atoms with van der Waals surface area (Å²) in [6, 6.07) is 11.0. The number of amides is 1. The molecule has 7 nitrogen and oxygen atoms in total. The molecular weight excluding hydrogens is 388 g/mol.